The van der Waals surface area contributed by atoms with E-state index >= 15 is 0 Å². The molecule has 0 fully saturated rings. The van der Waals surface area contributed by atoms with E-state index in [1.165, 1.54) is 0 Å². The molecule has 1 aromatic heterocycles. The molecule has 5 rings (SSSR count). The van der Waals surface area contributed by atoms with Gasteiger partial charge in [-0.05, 0) is 67.2 Å². The van der Waals surface area contributed by atoms with Gasteiger partial charge in [0.25, 0.3) is 0 Å². The Morgan fingerprint density at radius 2 is 1.83 bits per heavy atom. The minimum absolute atomic E-state index is 0.0228. The number of primary amides is 1. The summed E-state index contributed by atoms with van der Waals surface area (Å²) < 4.78 is 6.68. The Morgan fingerprint density at radius 3 is 2.50 bits per heavy atom. The number of methoxy groups -OCH3 is 1. The normalized spacial score (nSPS) is 16.5. The van der Waals surface area contributed by atoms with Crippen molar-refractivity contribution in [3.63, 3.8) is 0 Å². The first-order valence-corrected chi connectivity index (χ1v) is 14.3. The summed E-state index contributed by atoms with van der Waals surface area (Å²) in [7, 11) is 3.18. The summed E-state index contributed by atoms with van der Waals surface area (Å²) in [6.07, 6.45) is 1.66. The van der Waals surface area contributed by atoms with Crippen LogP contribution in [0.15, 0.2) is 83.5 Å². The first-order chi connectivity index (χ1) is 20.2. The zero-order valence-electron chi connectivity index (χ0n) is 23.6. The van der Waals surface area contributed by atoms with Crippen molar-refractivity contribution in [2.24, 2.45) is 11.7 Å². The Morgan fingerprint density at radius 1 is 1.10 bits per heavy atom. The van der Waals surface area contributed by atoms with Gasteiger partial charge in [-0.1, -0.05) is 46.3 Å². The minimum atomic E-state index is -1.45. The molecule has 0 bridgehead atoms. The van der Waals surface area contributed by atoms with E-state index in [2.05, 4.69) is 26.2 Å². The third-order valence-electron chi connectivity index (χ3n) is 8.07. The Balaban J connectivity index is 1.68. The maximum absolute atomic E-state index is 14.6. The van der Waals surface area contributed by atoms with Crippen molar-refractivity contribution < 1.29 is 19.1 Å². The molecule has 1 aliphatic heterocycles. The highest BCUT2D eigenvalue weighted by molar-refractivity contribution is 9.10. The van der Waals surface area contributed by atoms with E-state index in [-0.39, 0.29) is 31.3 Å². The van der Waals surface area contributed by atoms with Crippen LogP contribution in [0.2, 0.25) is 0 Å². The van der Waals surface area contributed by atoms with Gasteiger partial charge in [0.15, 0.2) is 0 Å². The van der Waals surface area contributed by atoms with E-state index in [1.54, 1.807) is 49.2 Å². The van der Waals surface area contributed by atoms with Gasteiger partial charge in [0, 0.05) is 28.5 Å². The fourth-order valence-corrected chi connectivity index (χ4v) is 5.87. The summed E-state index contributed by atoms with van der Waals surface area (Å²) >= 11 is 3.54. The fraction of sp³-hybridized carbons (Fsp3) is 0.250. The lowest BCUT2D eigenvalue weighted by Crippen LogP contribution is -2.63. The van der Waals surface area contributed by atoms with Crippen LogP contribution in [-0.2, 0) is 27.3 Å². The van der Waals surface area contributed by atoms with Gasteiger partial charge in [0.1, 0.15) is 11.3 Å². The first-order valence-electron chi connectivity index (χ1n) is 13.5. The number of pyridine rings is 1. The second-order valence-corrected chi connectivity index (χ2v) is 11.3. The Bertz CT molecular complexity index is 1660. The molecule has 216 valence electrons. The number of carbonyl (C=O) groups is 3. The summed E-state index contributed by atoms with van der Waals surface area (Å²) in [6, 6.07) is 22.4. The van der Waals surface area contributed by atoms with Crippen molar-refractivity contribution in [2.75, 3.05) is 30.5 Å². The number of hydrogen-bond acceptors (Lipinski definition) is 6. The van der Waals surface area contributed by atoms with Crippen LogP contribution in [0.1, 0.15) is 18.2 Å². The number of halogens is 1. The lowest BCUT2D eigenvalue weighted by atomic mass is 9.83. The quantitative estimate of drug-likeness (QED) is 0.301. The predicted octanol–water partition coefficient (Wildman–Crippen LogP) is 4.21. The van der Waals surface area contributed by atoms with Gasteiger partial charge >= 0.3 is 0 Å². The number of benzene rings is 3. The topological polar surface area (TPSA) is 118 Å². The smallest absolute Gasteiger partial charge is 0.238 e. The lowest BCUT2D eigenvalue weighted by Gasteiger charge is -2.36. The molecule has 9 nitrogen and oxygen atoms in total. The maximum atomic E-state index is 14.6. The van der Waals surface area contributed by atoms with Crippen LogP contribution < -0.4 is 25.6 Å². The molecule has 1 aliphatic rings. The Kier molecular flexibility index (Phi) is 8.29. The van der Waals surface area contributed by atoms with Crippen molar-refractivity contribution in [3.8, 4) is 5.75 Å². The first kappa shape index (κ1) is 29.2. The molecule has 3 N–H and O–H groups in total. The van der Waals surface area contributed by atoms with Crippen LogP contribution in [-0.4, -0.2) is 48.9 Å². The summed E-state index contributed by atoms with van der Waals surface area (Å²) in [5, 5.41) is 4.87. The third kappa shape index (κ3) is 5.35. The van der Waals surface area contributed by atoms with Gasteiger partial charge in [-0.25, -0.2) is 0 Å². The molecule has 0 spiro atoms. The second-order valence-electron chi connectivity index (χ2n) is 10.4. The Hall–Kier alpha value is -4.28. The summed E-state index contributed by atoms with van der Waals surface area (Å²) in [5.41, 5.74) is 6.94. The number of nitrogens with two attached hydrogens (primary N) is 1. The van der Waals surface area contributed by atoms with E-state index in [0.717, 1.165) is 20.8 Å². The maximum Gasteiger partial charge on any atom is 0.238 e. The van der Waals surface area contributed by atoms with Gasteiger partial charge < -0.3 is 25.6 Å². The number of aromatic nitrogens is 1. The number of anilines is 2. The van der Waals surface area contributed by atoms with Crippen LogP contribution >= 0.6 is 15.9 Å². The van der Waals surface area contributed by atoms with Gasteiger partial charge in [0.05, 0.1) is 37.4 Å². The number of fused-ring (bicyclic) bond motifs is 2. The molecule has 1 unspecified atom stereocenters. The van der Waals surface area contributed by atoms with Crippen molar-refractivity contribution in [2.45, 2.75) is 25.4 Å². The predicted molar refractivity (Wildman–Crippen MR) is 166 cm³/mol. The number of nitrogens with zero attached hydrogens (tertiary/aromatic N) is 3. The number of hydrogen-bond donors (Lipinski definition) is 2. The zero-order chi connectivity index (χ0) is 30.0. The number of amides is 3. The van der Waals surface area contributed by atoms with E-state index in [1.807, 2.05) is 60.7 Å². The van der Waals surface area contributed by atoms with Crippen molar-refractivity contribution >= 4 is 55.8 Å². The molecule has 4 aromatic rings. The Labute approximate surface area is 252 Å². The van der Waals surface area contributed by atoms with Gasteiger partial charge in [-0.3, -0.25) is 19.4 Å². The highest BCUT2D eigenvalue weighted by atomic mass is 79.9. The average Bonchev–Trinajstić information content (AvgIpc) is 3.11. The molecule has 0 radical (unpaired) electrons. The monoisotopic (exact) mass is 629 g/mol. The van der Waals surface area contributed by atoms with Crippen molar-refractivity contribution in [3.05, 3.63) is 94.7 Å². The highest BCUT2D eigenvalue weighted by Gasteiger charge is 2.48. The SMILES string of the molecule is CNC(C)(C(N)=O)[C@@H]1CN(C(=O)Cc2ccccn2)c2ccccc2N(Cc2c(OC)ccc3cc(Br)ccc23)C1=O. The van der Waals surface area contributed by atoms with Gasteiger partial charge in [0.2, 0.25) is 17.7 Å². The van der Waals surface area contributed by atoms with E-state index in [4.69, 9.17) is 10.5 Å². The summed E-state index contributed by atoms with van der Waals surface area (Å²) in [6.45, 7) is 1.68. The van der Waals surface area contributed by atoms with Crippen molar-refractivity contribution in [1.82, 2.24) is 10.3 Å². The van der Waals surface area contributed by atoms with Crippen LogP contribution in [0.3, 0.4) is 0 Å². The molecule has 3 amide bonds. The van der Waals surface area contributed by atoms with E-state index < -0.39 is 17.4 Å². The standard InChI is InChI=1S/C32H32BrN5O4/c1-32(35-2,31(34)41)25-19-37(29(39)17-22-8-6-7-15-36-22)26-9-4-5-10-27(26)38(30(25)40)18-24-23-13-12-21(33)16-20(23)11-14-28(24)42-3/h4-16,25,35H,17-19H2,1-3H3,(H2,34,41)/t25-,32?/m1/s1. The molecule has 3 aromatic carbocycles. The molecule has 10 heteroatoms. The molecule has 42 heavy (non-hydrogen) atoms. The molecular formula is C32H32BrN5O4. The number of carbonyl (C=O) groups excluding carboxylic acids is 3. The molecular weight excluding hydrogens is 598 g/mol. The lowest BCUT2D eigenvalue weighted by molar-refractivity contribution is -0.133. The van der Waals surface area contributed by atoms with Crippen LogP contribution in [0.4, 0.5) is 11.4 Å². The van der Waals surface area contributed by atoms with Crippen molar-refractivity contribution in [1.29, 1.82) is 0 Å². The number of ether oxygens (including phenoxy) is 1. The number of rotatable bonds is 8. The number of para-hydroxylation sites is 2. The highest BCUT2D eigenvalue weighted by Crippen LogP contribution is 2.40. The number of likely N-dealkylation sites (N-methyl/N-ethyl adjacent to an activating group) is 1. The molecule has 2 heterocycles. The largest absolute Gasteiger partial charge is 0.496 e. The molecule has 2 atom stereocenters. The van der Waals surface area contributed by atoms with E-state index in [9.17, 15) is 14.4 Å². The summed E-state index contributed by atoms with van der Waals surface area (Å²) in [5.74, 6) is -1.68. The van der Waals surface area contributed by atoms with Gasteiger partial charge in [-0.15, -0.1) is 0 Å². The van der Waals surface area contributed by atoms with Crippen LogP contribution in [0, 0.1) is 5.92 Å². The fourth-order valence-electron chi connectivity index (χ4n) is 5.50. The van der Waals surface area contributed by atoms with Crippen LogP contribution in [0.5, 0.6) is 5.75 Å². The van der Waals surface area contributed by atoms with Crippen LogP contribution in [0.25, 0.3) is 10.8 Å². The average molecular weight is 631 g/mol. The zero-order valence-corrected chi connectivity index (χ0v) is 25.2. The summed E-state index contributed by atoms with van der Waals surface area (Å²) in [4.78, 5) is 48.9. The molecule has 0 saturated heterocycles. The molecule has 0 aliphatic carbocycles. The minimum Gasteiger partial charge on any atom is -0.496 e. The molecule has 0 saturated carbocycles. The van der Waals surface area contributed by atoms with Gasteiger partial charge in [-0.2, -0.15) is 0 Å². The third-order valence-corrected chi connectivity index (χ3v) is 8.56. The van der Waals surface area contributed by atoms with E-state index in [0.29, 0.717) is 22.8 Å². The second kappa shape index (κ2) is 11.9. The number of nitrogens with one attached hydrogen (secondary N) is 1.